The molecule has 1 aromatic heterocycles. The second-order valence-corrected chi connectivity index (χ2v) is 4.47. The quantitative estimate of drug-likeness (QED) is 0.695. The van der Waals surface area contributed by atoms with Crippen LogP contribution in [0.15, 0.2) is 47.2 Å². The van der Waals surface area contributed by atoms with Crippen molar-refractivity contribution in [3.05, 3.63) is 62.9 Å². The Morgan fingerprint density at radius 2 is 1.95 bits per heavy atom. The summed E-state index contributed by atoms with van der Waals surface area (Å²) < 4.78 is 0.570. The van der Waals surface area contributed by atoms with E-state index >= 15 is 0 Å². The lowest BCUT2D eigenvalue weighted by Gasteiger charge is -2.07. The number of carbonyl (C=O) groups excluding carboxylic acids is 1. The first-order valence-electron chi connectivity index (χ1n) is 5.23. The van der Waals surface area contributed by atoms with Gasteiger partial charge in [-0.15, -0.1) is 0 Å². The van der Waals surface area contributed by atoms with Gasteiger partial charge in [0.05, 0.1) is 10.6 Å². The number of halogens is 1. The number of nitrogens with one attached hydrogen (secondary N) is 1. The number of aromatic nitrogens is 1. The maximum absolute atomic E-state index is 11.9. The van der Waals surface area contributed by atoms with Crippen molar-refractivity contribution in [3.8, 4) is 0 Å². The number of nitrogens with zero attached hydrogens (tertiary/aromatic N) is 2. The van der Waals surface area contributed by atoms with Gasteiger partial charge in [0.1, 0.15) is 0 Å². The molecular formula is C12H8BrN3O3. The lowest BCUT2D eigenvalue weighted by atomic mass is 10.2. The number of pyridine rings is 1. The van der Waals surface area contributed by atoms with Crippen molar-refractivity contribution in [1.29, 1.82) is 0 Å². The molecule has 0 saturated heterocycles. The molecule has 96 valence electrons. The van der Waals surface area contributed by atoms with Crippen molar-refractivity contribution in [2.45, 2.75) is 0 Å². The number of nitro groups is 1. The molecule has 0 bridgehead atoms. The zero-order valence-electron chi connectivity index (χ0n) is 9.54. The van der Waals surface area contributed by atoms with E-state index in [4.69, 9.17) is 0 Å². The zero-order valence-corrected chi connectivity index (χ0v) is 11.1. The number of anilines is 1. The molecule has 0 unspecified atom stereocenters. The van der Waals surface area contributed by atoms with Gasteiger partial charge in [0.2, 0.25) is 0 Å². The van der Waals surface area contributed by atoms with E-state index in [9.17, 15) is 14.9 Å². The molecule has 0 aliphatic heterocycles. The summed E-state index contributed by atoms with van der Waals surface area (Å²) in [6, 6.07) is 7.27. The topological polar surface area (TPSA) is 85.1 Å². The summed E-state index contributed by atoms with van der Waals surface area (Å²) >= 11 is 3.23. The molecule has 1 heterocycles. The number of amides is 1. The molecule has 19 heavy (non-hydrogen) atoms. The Bertz CT molecular complexity index is 631. The van der Waals surface area contributed by atoms with Gasteiger partial charge in [0.15, 0.2) is 0 Å². The fraction of sp³-hybridized carbons (Fsp3) is 0. The third kappa shape index (κ3) is 3.14. The van der Waals surface area contributed by atoms with Crippen LogP contribution < -0.4 is 5.32 Å². The highest BCUT2D eigenvalue weighted by molar-refractivity contribution is 9.10. The lowest BCUT2D eigenvalue weighted by Crippen LogP contribution is -2.12. The second-order valence-electron chi connectivity index (χ2n) is 3.61. The van der Waals surface area contributed by atoms with Crippen LogP contribution >= 0.6 is 15.9 Å². The van der Waals surface area contributed by atoms with Crippen LogP contribution in [0.5, 0.6) is 0 Å². The smallest absolute Gasteiger partial charge is 0.271 e. The summed E-state index contributed by atoms with van der Waals surface area (Å²) in [6.07, 6.45) is 2.99. The maximum atomic E-state index is 11.9. The van der Waals surface area contributed by atoms with E-state index in [0.717, 1.165) is 0 Å². The number of hydrogen-bond donors (Lipinski definition) is 1. The average molecular weight is 322 g/mol. The molecule has 1 amide bonds. The Kier molecular flexibility index (Phi) is 3.86. The first-order valence-corrected chi connectivity index (χ1v) is 6.02. The normalized spacial score (nSPS) is 9.95. The Morgan fingerprint density at radius 3 is 2.58 bits per heavy atom. The molecule has 0 saturated carbocycles. The molecule has 0 fully saturated rings. The predicted molar refractivity (Wildman–Crippen MR) is 73.0 cm³/mol. The molecule has 0 aliphatic rings. The Hall–Kier alpha value is -2.28. The zero-order chi connectivity index (χ0) is 13.8. The first-order chi connectivity index (χ1) is 9.08. The third-order valence-electron chi connectivity index (χ3n) is 2.35. The summed E-state index contributed by atoms with van der Waals surface area (Å²) in [7, 11) is 0. The van der Waals surface area contributed by atoms with Crippen molar-refractivity contribution >= 4 is 33.2 Å². The molecule has 0 radical (unpaired) electrons. The van der Waals surface area contributed by atoms with Crippen molar-refractivity contribution in [1.82, 2.24) is 4.98 Å². The van der Waals surface area contributed by atoms with Crippen molar-refractivity contribution < 1.29 is 9.72 Å². The summed E-state index contributed by atoms with van der Waals surface area (Å²) in [5.41, 5.74) is 0.678. The van der Waals surface area contributed by atoms with Crippen LogP contribution in [0.3, 0.4) is 0 Å². The van der Waals surface area contributed by atoms with Gasteiger partial charge in [0.25, 0.3) is 11.6 Å². The third-order valence-corrected chi connectivity index (χ3v) is 3.04. The van der Waals surface area contributed by atoms with Crippen molar-refractivity contribution in [2.24, 2.45) is 0 Å². The summed E-state index contributed by atoms with van der Waals surface area (Å²) in [5.74, 6) is -0.358. The second kappa shape index (κ2) is 5.57. The standard InChI is InChI=1S/C12H8BrN3O3/c13-10-2-1-9(16(18)19)7-11(10)15-12(17)8-3-5-14-6-4-8/h1-7H,(H,15,17). The van der Waals surface area contributed by atoms with Gasteiger partial charge in [-0.3, -0.25) is 19.9 Å². The summed E-state index contributed by atoms with van der Waals surface area (Å²) in [6.45, 7) is 0. The number of rotatable bonds is 3. The van der Waals surface area contributed by atoms with Gasteiger partial charge in [-0.2, -0.15) is 0 Å². The van der Waals surface area contributed by atoms with Crippen LogP contribution in [-0.4, -0.2) is 15.8 Å². The Labute approximate surface area is 116 Å². The molecule has 0 atom stereocenters. The van der Waals surface area contributed by atoms with Crippen LogP contribution in [0.1, 0.15) is 10.4 Å². The highest BCUT2D eigenvalue weighted by atomic mass is 79.9. The molecule has 2 rings (SSSR count). The van der Waals surface area contributed by atoms with Crippen LogP contribution in [0.4, 0.5) is 11.4 Å². The minimum absolute atomic E-state index is 0.0896. The largest absolute Gasteiger partial charge is 0.321 e. The molecule has 0 spiro atoms. The van der Waals surface area contributed by atoms with E-state index in [-0.39, 0.29) is 11.6 Å². The fourth-order valence-electron chi connectivity index (χ4n) is 1.42. The summed E-state index contributed by atoms with van der Waals surface area (Å²) in [5, 5.41) is 13.3. The minimum atomic E-state index is -0.519. The highest BCUT2D eigenvalue weighted by Crippen LogP contribution is 2.27. The van der Waals surface area contributed by atoms with E-state index in [1.807, 2.05) is 0 Å². The van der Waals surface area contributed by atoms with Gasteiger partial charge in [-0.1, -0.05) is 0 Å². The molecular weight excluding hydrogens is 314 g/mol. The molecule has 6 nitrogen and oxygen atoms in total. The van der Waals surface area contributed by atoms with Crippen LogP contribution in [0.2, 0.25) is 0 Å². The predicted octanol–water partition coefficient (Wildman–Crippen LogP) is 3.00. The van der Waals surface area contributed by atoms with Gasteiger partial charge in [-0.25, -0.2) is 0 Å². The van der Waals surface area contributed by atoms with Crippen LogP contribution in [-0.2, 0) is 0 Å². The molecule has 2 aromatic rings. The van der Waals surface area contributed by atoms with Crippen LogP contribution in [0, 0.1) is 10.1 Å². The van der Waals surface area contributed by atoms with Crippen molar-refractivity contribution in [3.63, 3.8) is 0 Å². The van der Waals surface area contributed by atoms with Gasteiger partial charge >= 0.3 is 0 Å². The number of nitro benzene ring substituents is 1. The fourth-order valence-corrected chi connectivity index (χ4v) is 1.77. The molecule has 1 N–H and O–H groups in total. The summed E-state index contributed by atoms with van der Waals surface area (Å²) in [4.78, 5) is 25.9. The molecule has 0 aliphatic carbocycles. The lowest BCUT2D eigenvalue weighted by molar-refractivity contribution is -0.384. The monoisotopic (exact) mass is 321 g/mol. The number of non-ortho nitro benzene ring substituents is 1. The van der Waals surface area contributed by atoms with E-state index in [1.54, 1.807) is 12.1 Å². The van der Waals surface area contributed by atoms with Crippen molar-refractivity contribution in [2.75, 3.05) is 5.32 Å². The van der Waals surface area contributed by atoms with E-state index < -0.39 is 4.92 Å². The van der Waals surface area contributed by atoms with Gasteiger partial charge in [-0.05, 0) is 34.1 Å². The highest BCUT2D eigenvalue weighted by Gasteiger charge is 2.12. The van der Waals surface area contributed by atoms with E-state index in [2.05, 4.69) is 26.2 Å². The van der Waals surface area contributed by atoms with E-state index in [1.165, 1.54) is 30.6 Å². The minimum Gasteiger partial charge on any atom is -0.321 e. The van der Waals surface area contributed by atoms with Crippen LogP contribution in [0.25, 0.3) is 0 Å². The molecule has 1 aromatic carbocycles. The Balaban J connectivity index is 2.26. The maximum Gasteiger partial charge on any atom is 0.271 e. The van der Waals surface area contributed by atoms with E-state index in [0.29, 0.717) is 15.7 Å². The Morgan fingerprint density at radius 1 is 1.26 bits per heavy atom. The molecule has 7 heteroatoms. The van der Waals surface area contributed by atoms with Gasteiger partial charge in [0, 0.05) is 34.6 Å². The number of benzene rings is 1. The first kappa shape index (κ1) is 13.2. The number of carbonyl (C=O) groups is 1. The average Bonchev–Trinajstić information content (AvgIpc) is 2.42. The SMILES string of the molecule is O=C(Nc1cc([N+](=O)[O-])ccc1Br)c1ccncc1. The van der Waals surface area contributed by atoms with Gasteiger partial charge < -0.3 is 5.32 Å². The number of hydrogen-bond acceptors (Lipinski definition) is 4.